The van der Waals surface area contributed by atoms with Crippen LogP contribution in [0, 0.1) is 5.82 Å². The van der Waals surface area contributed by atoms with Crippen LogP contribution >= 0.6 is 23.7 Å². The molecule has 0 aliphatic carbocycles. The van der Waals surface area contributed by atoms with Crippen LogP contribution in [0.5, 0.6) is 0 Å². The molecule has 1 aromatic heterocycles. The van der Waals surface area contributed by atoms with E-state index in [0.717, 1.165) is 23.2 Å². The Morgan fingerprint density at radius 3 is 2.50 bits per heavy atom. The Morgan fingerprint density at radius 2 is 1.82 bits per heavy atom. The molecule has 0 N–H and O–H groups in total. The van der Waals surface area contributed by atoms with E-state index in [1.165, 1.54) is 17.4 Å². The zero-order valence-corrected chi connectivity index (χ0v) is 17.7. The summed E-state index contributed by atoms with van der Waals surface area (Å²) in [5, 5.41) is 0.576. The summed E-state index contributed by atoms with van der Waals surface area (Å²) < 4.78 is 14.8. The second-order valence-corrected chi connectivity index (χ2v) is 7.78. The Bertz CT molecular complexity index is 901. The van der Waals surface area contributed by atoms with E-state index in [9.17, 15) is 9.18 Å². The molecule has 150 valence electrons. The van der Waals surface area contributed by atoms with Gasteiger partial charge in [-0.3, -0.25) is 9.69 Å². The lowest BCUT2D eigenvalue weighted by molar-refractivity contribution is -0.118. The van der Waals surface area contributed by atoms with Gasteiger partial charge in [0.1, 0.15) is 11.3 Å². The molecule has 0 aliphatic rings. The average Bonchev–Trinajstić information content (AvgIpc) is 3.09. The second-order valence-electron chi connectivity index (χ2n) is 6.77. The summed E-state index contributed by atoms with van der Waals surface area (Å²) in [5.74, 6) is -0.322. The number of para-hydroxylation sites is 1. The number of nitrogens with zero attached hydrogens (tertiary/aromatic N) is 3. The third-order valence-corrected chi connectivity index (χ3v) is 5.39. The van der Waals surface area contributed by atoms with Gasteiger partial charge in [0.2, 0.25) is 5.91 Å². The smallest absolute Gasteiger partial charge is 0.229 e. The third-order valence-electron chi connectivity index (χ3n) is 4.35. The number of hydrogen-bond acceptors (Lipinski definition) is 4. The average molecular weight is 422 g/mol. The molecule has 0 saturated carbocycles. The van der Waals surface area contributed by atoms with Gasteiger partial charge in [0.15, 0.2) is 5.13 Å². The lowest BCUT2D eigenvalue weighted by Gasteiger charge is -2.21. The molecule has 1 heterocycles. The molecule has 0 aliphatic heterocycles. The summed E-state index contributed by atoms with van der Waals surface area (Å²) in [4.78, 5) is 21.2. The maximum absolute atomic E-state index is 14.0. The number of thiazole rings is 1. The summed E-state index contributed by atoms with van der Waals surface area (Å²) in [6.07, 6.45) is 1.93. The van der Waals surface area contributed by atoms with Crippen molar-refractivity contribution >= 4 is 45.0 Å². The van der Waals surface area contributed by atoms with Gasteiger partial charge in [0.25, 0.3) is 0 Å². The zero-order chi connectivity index (χ0) is 19.2. The Hall–Kier alpha value is -2.02. The summed E-state index contributed by atoms with van der Waals surface area (Å²) >= 11 is 1.37. The molecule has 0 bridgehead atoms. The third kappa shape index (κ3) is 5.74. The van der Waals surface area contributed by atoms with Crippen molar-refractivity contribution < 1.29 is 9.18 Å². The number of fused-ring (bicyclic) bond motifs is 1. The number of halogens is 2. The van der Waals surface area contributed by atoms with E-state index in [4.69, 9.17) is 0 Å². The van der Waals surface area contributed by atoms with Crippen molar-refractivity contribution in [2.24, 2.45) is 0 Å². The fourth-order valence-corrected chi connectivity index (χ4v) is 3.95. The number of carbonyl (C=O) groups excluding carboxylic acids is 1. The zero-order valence-electron chi connectivity index (χ0n) is 16.1. The number of anilines is 1. The normalized spacial score (nSPS) is 10.9. The van der Waals surface area contributed by atoms with Gasteiger partial charge in [-0.1, -0.05) is 47.7 Å². The van der Waals surface area contributed by atoms with E-state index in [0.29, 0.717) is 30.0 Å². The summed E-state index contributed by atoms with van der Waals surface area (Å²) in [6, 6.07) is 14.9. The number of aromatic nitrogens is 1. The van der Waals surface area contributed by atoms with Crippen LogP contribution in [0.15, 0.2) is 48.5 Å². The lowest BCUT2D eigenvalue weighted by Crippen LogP contribution is -2.33. The monoisotopic (exact) mass is 421 g/mol. The number of rotatable bonds is 8. The lowest BCUT2D eigenvalue weighted by atomic mass is 10.1. The minimum atomic E-state index is -0.347. The maximum Gasteiger partial charge on any atom is 0.229 e. The second kappa shape index (κ2) is 10.5. The first-order valence-corrected chi connectivity index (χ1v) is 9.90. The number of carbonyl (C=O) groups is 1. The van der Waals surface area contributed by atoms with Crippen LogP contribution < -0.4 is 4.90 Å². The number of hydrogen-bond donors (Lipinski definition) is 0. The highest BCUT2D eigenvalue weighted by atomic mass is 35.5. The number of amides is 1. The molecule has 28 heavy (non-hydrogen) atoms. The van der Waals surface area contributed by atoms with Gasteiger partial charge in [0.05, 0.1) is 4.70 Å². The molecule has 0 radical (unpaired) electrons. The molecule has 1 amide bonds. The molecule has 0 spiro atoms. The minimum absolute atomic E-state index is 0. The van der Waals surface area contributed by atoms with Gasteiger partial charge in [-0.2, -0.15) is 0 Å². The van der Waals surface area contributed by atoms with Crippen molar-refractivity contribution in [3.05, 3.63) is 59.9 Å². The highest BCUT2D eigenvalue weighted by molar-refractivity contribution is 7.22. The summed E-state index contributed by atoms with van der Waals surface area (Å²) in [7, 11) is 4.02. The van der Waals surface area contributed by atoms with Gasteiger partial charge in [0, 0.05) is 13.0 Å². The highest BCUT2D eigenvalue weighted by Crippen LogP contribution is 2.30. The van der Waals surface area contributed by atoms with Crippen LogP contribution in [-0.4, -0.2) is 43.0 Å². The fraction of sp³-hybridized carbons (Fsp3) is 0.333. The van der Waals surface area contributed by atoms with Crippen LogP contribution in [-0.2, 0) is 11.2 Å². The highest BCUT2D eigenvalue weighted by Gasteiger charge is 2.20. The largest absolute Gasteiger partial charge is 0.309 e. The molecule has 0 unspecified atom stereocenters. The maximum atomic E-state index is 14.0. The molecule has 3 rings (SSSR count). The molecule has 3 aromatic rings. The SMILES string of the molecule is CN(C)CCCN(C(=O)CCc1ccccc1)c1nc2c(F)cccc2s1.Cl. The van der Waals surface area contributed by atoms with E-state index in [1.807, 2.05) is 50.5 Å². The topological polar surface area (TPSA) is 36.4 Å². The molecular formula is C21H25ClFN3OS. The Morgan fingerprint density at radius 1 is 1.07 bits per heavy atom. The van der Waals surface area contributed by atoms with Crippen LogP contribution in [0.1, 0.15) is 18.4 Å². The van der Waals surface area contributed by atoms with Crippen molar-refractivity contribution in [2.75, 3.05) is 32.1 Å². The van der Waals surface area contributed by atoms with E-state index in [2.05, 4.69) is 9.88 Å². The molecule has 2 aromatic carbocycles. The van der Waals surface area contributed by atoms with Gasteiger partial charge >= 0.3 is 0 Å². The van der Waals surface area contributed by atoms with Gasteiger partial charge in [-0.15, -0.1) is 12.4 Å². The molecule has 0 saturated heterocycles. The van der Waals surface area contributed by atoms with Gasteiger partial charge in [-0.25, -0.2) is 9.37 Å². The number of benzene rings is 2. The first-order valence-electron chi connectivity index (χ1n) is 9.08. The number of aryl methyl sites for hydroxylation is 1. The van der Waals surface area contributed by atoms with Crippen molar-refractivity contribution in [3.8, 4) is 0 Å². The van der Waals surface area contributed by atoms with Gasteiger partial charge < -0.3 is 4.90 Å². The predicted octanol–water partition coefficient (Wildman–Crippen LogP) is 4.77. The van der Waals surface area contributed by atoms with Crippen LogP contribution in [0.2, 0.25) is 0 Å². The Kier molecular flexibility index (Phi) is 8.35. The van der Waals surface area contributed by atoms with Crippen molar-refractivity contribution in [2.45, 2.75) is 19.3 Å². The van der Waals surface area contributed by atoms with E-state index >= 15 is 0 Å². The van der Waals surface area contributed by atoms with Crippen molar-refractivity contribution in [1.29, 1.82) is 0 Å². The first kappa shape index (κ1) is 22.3. The predicted molar refractivity (Wildman–Crippen MR) is 117 cm³/mol. The van der Waals surface area contributed by atoms with Crippen molar-refractivity contribution in [1.82, 2.24) is 9.88 Å². The first-order chi connectivity index (χ1) is 13.0. The summed E-state index contributed by atoms with van der Waals surface area (Å²) in [5.41, 5.74) is 1.47. The van der Waals surface area contributed by atoms with Crippen LogP contribution in [0.3, 0.4) is 0 Å². The van der Waals surface area contributed by atoms with Gasteiger partial charge in [-0.05, 0) is 51.2 Å². The van der Waals surface area contributed by atoms with E-state index in [-0.39, 0.29) is 24.1 Å². The quantitative estimate of drug-likeness (QED) is 0.525. The molecule has 4 nitrogen and oxygen atoms in total. The fourth-order valence-electron chi connectivity index (χ4n) is 2.92. The van der Waals surface area contributed by atoms with Crippen molar-refractivity contribution in [3.63, 3.8) is 0 Å². The summed E-state index contributed by atoms with van der Waals surface area (Å²) in [6.45, 7) is 1.45. The van der Waals surface area contributed by atoms with E-state index < -0.39 is 0 Å². The Balaban J connectivity index is 0.00000280. The Labute approximate surface area is 175 Å². The van der Waals surface area contributed by atoms with Crippen LogP contribution in [0.25, 0.3) is 10.2 Å². The molecule has 0 atom stereocenters. The van der Waals surface area contributed by atoms with E-state index in [1.54, 1.807) is 11.0 Å². The molecular weight excluding hydrogens is 397 g/mol. The molecule has 0 fully saturated rings. The van der Waals surface area contributed by atoms with Crippen LogP contribution in [0.4, 0.5) is 9.52 Å². The molecule has 7 heteroatoms. The minimum Gasteiger partial charge on any atom is -0.309 e. The standard InChI is InChI=1S/C21H24FN3OS.ClH/c1-24(2)14-7-15-25(19(26)13-12-16-8-4-3-5-9-16)21-23-20-17(22)10-6-11-18(20)27-21;/h3-6,8-11H,7,12-15H2,1-2H3;1H.